The van der Waals surface area contributed by atoms with Gasteiger partial charge in [-0.1, -0.05) is 6.07 Å². The van der Waals surface area contributed by atoms with Crippen molar-refractivity contribution in [2.75, 3.05) is 6.61 Å². The molecule has 1 aromatic rings. The van der Waals surface area contributed by atoms with Crippen LogP contribution in [0.3, 0.4) is 0 Å². The van der Waals surface area contributed by atoms with Gasteiger partial charge in [-0.2, -0.15) is 0 Å². The third-order valence-electron chi connectivity index (χ3n) is 1.98. The van der Waals surface area contributed by atoms with Crippen LogP contribution in [-0.2, 0) is 0 Å². The molecule has 0 fully saturated rings. The van der Waals surface area contributed by atoms with E-state index >= 15 is 0 Å². The molecule has 0 aliphatic rings. The van der Waals surface area contributed by atoms with E-state index in [1.807, 2.05) is 0 Å². The first-order chi connectivity index (χ1) is 6.90. The minimum absolute atomic E-state index is 0. The van der Waals surface area contributed by atoms with Crippen molar-refractivity contribution in [2.24, 2.45) is 5.73 Å². The van der Waals surface area contributed by atoms with Crippen LogP contribution in [0, 0.1) is 11.6 Å². The van der Waals surface area contributed by atoms with Gasteiger partial charge in [0, 0.05) is 5.56 Å². The molecule has 0 radical (unpaired) electrons. The monoisotopic (exact) mass is 259 g/mol. The van der Waals surface area contributed by atoms with Gasteiger partial charge in [0.1, 0.15) is 24.3 Å². The first-order valence-electron chi connectivity index (χ1n) is 4.08. The highest BCUT2D eigenvalue weighted by atomic mass is 35.5. The average molecular weight is 260 g/mol. The topological polar surface area (TPSA) is 46.2 Å². The summed E-state index contributed by atoms with van der Waals surface area (Å²) in [7, 11) is 0. The largest absolute Gasteiger partial charge is 0.390 e. The predicted octanol–water partition coefficient (Wildman–Crippen LogP) is 2.01. The number of aliphatic hydroxyl groups excluding tert-OH is 1. The van der Waals surface area contributed by atoms with E-state index in [0.717, 1.165) is 18.2 Å². The maximum absolute atomic E-state index is 13.0. The van der Waals surface area contributed by atoms with Crippen LogP contribution in [0.5, 0.6) is 0 Å². The molecule has 1 rings (SSSR count). The summed E-state index contributed by atoms with van der Waals surface area (Å²) in [5.74, 6) is -6.07. The molecule has 0 heterocycles. The van der Waals surface area contributed by atoms with Crippen LogP contribution in [-0.4, -0.2) is 17.6 Å². The van der Waals surface area contributed by atoms with Crippen LogP contribution in [0.2, 0.25) is 0 Å². The lowest BCUT2D eigenvalue weighted by molar-refractivity contribution is -0.0726. The van der Waals surface area contributed by atoms with Gasteiger partial charge in [-0.05, 0) is 12.1 Å². The van der Waals surface area contributed by atoms with Crippen LogP contribution in [0.25, 0.3) is 0 Å². The zero-order chi connectivity index (χ0) is 11.6. The minimum atomic E-state index is -3.76. The normalized spacial score (nSPS) is 13.1. The molecule has 92 valence electrons. The molecule has 3 N–H and O–H groups in total. The highest BCUT2D eigenvalue weighted by molar-refractivity contribution is 5.85. The number of benzene rings is 1. The Hall–Kier alpha value is -0.850. The lowest BCUT2D eigenvalue weighted by atomic mass is 10.0. The Kier molecular flexibility index (Phi) is 5.18. The molecule has 0 aliphatic carbocycles. The Morgan fingerprint density at radius 3 is 2.06 bits per heavy atom. The zero-order valence-electron chi connectivity index (χ0n) is 7.96. The summed E-state index contributed by atoms with van der Waals surface area (Å²) in [6.07, 6.45) is 0. The molecule has 1 atom stereocenters. The fourth-order valence-corrected chi connectivity index (χ4v) is 1.12. The van der Waals surface area contributed by atoms with Gasteiger partial charge < -0.3 is 10.8 Å². The third-order valence-corrected chi connectivity index (χ3v) is 1.98. The summed E-state index contributed by atoms with van der Waals surface area (Å²) in [5.41, 5.74) is 4.08. The van der Waals surface area contributed by atoms with Crippen LogP contribution in [0.1, 0.15) is 11.6 Å². The second kappa shape index (κ2) is 5.47. The van der Waals surface area contributed by atoms with Crippen molar-refractivity contribution in [3.05, 3.63) is 35.4 Å². The number of nitrogens with two attached hydrogens (primary N) is 1. The molecule has 7 heteroatoms. The zero-order valence-corrected chi connectivity index (χ0v) is 8.78. The van der Waals surface area contributed by atoms with E-state index in [-0.39, 0.29) is 12.4 Å². The second-order valence-corrected chi connectivity index (χ2v) is 3.03. The SMILES string of the molecule is Cl.N[C@H](c1c(F)cccc1F)C(F)(F)CO. The summed E-state index contributed by atoms with van der Waals surface area (Å²) in [4.78, 5) is 0. The number of aliphatic hydroxyl groups is 1. The molecular formula is C9H10ClF4NO. The molecule has 0 spiro atoms. The quantitative estimate of drug-likeness (QED) is 0.816. The molecular weight excluding hydrogens is 250 g/mol. The number of hydrogen-bond donors (Lipinski definition) is 2. The number of halogens is 5. The Morgan fingerprint density at radius 1 is 1.25 bits per heavy atom. The van der Waals surface area contributed by atoms with Crippen molar-refractivity contribution in [3.63, 3.8) is 0 Å². The maximum atomic E-state index is 13.0. The lowest BCUT2D eigenvalue weighted by Gasteiger charge is -2.22. The van der Waals surface area contributed by atoms with E-state index in [0.29, 0.717) is 0 Å². The van der Waals surface area contributed by atoms with E-state index < -0.39 is 35.8 Å². The summed E-state index contributed by atoms with van der Waals surface area (Å²) in [6, 6.07) is 0.485. The molecule has 16 heavy (non-hydrogen) atoms. The highest BCUT2D eigenvalue weighted by Crippen LogP contribution is 2.31. The summed E-state index contributed by atoms with van der Waals surface area (Å²) >= 11 is 0. The second-order valence-electron chi connectivity index (χ2n) is 3.03. The predicted molar refractivity (Wildman–Crippen MR) is 52.6 cm³/mol. The van der Waals surface area contributed by atoms with Crippen LogP contribution >= 0.6 is 12.4 Å². The van der Waals surface area contributed by atoms with Crippen molar-refractivity contribution in [1.29, 1.82) is 0 Å². The van der Waals surface area contributed by atoms with Gasteiger partial charge >= 0.3 is 0 Å². The van der Waals surface area contributed by atoms with E-state index in [9.17, 15) is 17.6 Å². The number of hydrogen-bond acceptors (Lipinski definition) is 2. The molecule has 0 amide bonds. The minimum Gasteiger partial charge on any atom is -0.390 e. The van der Waals surface area contributed by atoms with E-state index in [1.165, 1.54) is 0 Å². The molecule has 0 saturated carbocycles. The number of alkyl halides is 2. The smallest absolute Gasteiger partial charge is 0.289 e. The molecule has 0 saturated heterocycles. The highest BCUT2D eigenvalue weighted by Gasteiger charge is 2.40. The van der Waals surface area contributed by atoms with Gasteiger partial charge in [0.15, 0.2) is 0 Å². The standard InChI is InChI=1S/C9H9F4NO.ClH/c10-5-2-1-3-6(11)7(5)8(14)9(12,13)4-15;/h1-3,8,15H,4,14H2;1H/t8-;/m1./s1. The molecule has 0 aliphatic heterocycles. The fraction of sp³-hybridized carbons (Fsp3) is 0.333. The maximum Gasteiger partial charge on any atom is 0.289 e. The van der Waals surface area contributed by atoms with E-state index in [1.54, 1.807) is 0 Å². The van der Waals surface area contributed by atoms with Gasteiger partial charge in [-0.25, -0.2) is 17.6 Å². The van der Waals surface area contributed by atoms with E-state index in [4.69, 9.17) is 10.8 Å². The Bertz CT molecular complexity index is 341. The van der Waals surface area contributed by atoms with Gasteiger partial charge in [0.25, 0.3) is 5.92 Å². The van der Waals surface area contributed by atoms with Gasteiger partial charge in [-0.3, -0.25) is 0 Å². The van der Waals surface area contributed by atoms with Crippen molar-refractivity contribution < 1.29 is 22.7 Å². The van der Waals surface area contributed by atoms with E-state index in [2.05, 4.69) is 0 Å². The Labute approximate surface area is 95.5 Å². The molecule has 0 aromatic heterocycles. The summed E-state index contributed by atoms with van der Waals surface area (Å²) in [5, 5.41) is 8.33. The first kappa shape index (κ1) is 15.2. The van der Waals surface area contributed by atoms with Gasteiger partial charge in [-0.15, -0.1) is 12.4 Å². The first-order valence-corrected chi connectivity index (χ1v) is 4.08. The molecule has 2 nitrogen and oxygen atoms in total. The summed E-state index contributed by atoms with van der Waals surface area (Å²) < 4.78 is 51.8. The Balaban J connectivity index is 0.00000225. The average Bonchev–Trinajstić information content (AvgIpc) is 2.17. The van der Waals surface area contributed by atoms with Crippen molar-refractivity contribution in [1.82, 2.24) is 0 Å². The Morgan fingerprint density at radius 2 is 1.69 bits per heavy atom. The fourth-order valence-electron chi connectivity index (χ4n) is 1.12. The van der Waals surface area contributed by atoms with Crippen molar-refractivity contribution in [2.45, 2.75) is 12.0 Å². The lowest BCUT2D eigenvalue weighted by Crippen LogP contribution is -2.37. The van der Waals surface area contributed by atoms with Gasteiger partial charge in [0.2, 0.25) is 0 Å². The van der Waals surface area contributed by atoms with Crippen LogP contribution in [0.4, 0.5) is 17.6 Å². The van der Waals surface area contributed by atoms with Gasteiger partial charge in [0.05, 0.1) is 0 Å². The molecule has 1 aromatic carbocycles. The molecule has 0 unspecified atom stereocenters. The third kappa shape index (κ3) is 2.84. The molecule has 0 bridgehead atoms. The summed E-state index contributed by atoms with van der Waals surface area (Å²) in [6.45, 7) is -1.57. The van der Waals surface area contributed by atoms with Crippen molar-refractivity contribution in [3.8, 4) is 0 Å². The van der Waals surface area contributed by atoms with Crippen LogP contribution < -0.4 is 5.73 Å². The van der Waals surface area contributed by atoms with Crippen molar-refractivity contribution >= 4 is 12.4 Å². The van der Waals surface area contributed by atoms with Crippen LogP contribution in [0.15, 0.2) is 18.2 Å². The number of rotatable bonds is 3.